The van der Waals surface area contributed by atoms with Gasteiger partial charge in [0.05, 0.1) is 5.41 Å². The van der Waals surface area contributed by atoms with Crippen LogP contribution in [0.5, 0.6) is 0 Å². The summed E-state index contributed by atoms with van der Waals surface area (Å²) in [6.45, 7) is 0. The topological polar surface area (TPSA) is 13.1 Å². The Balaban J connectivity index is 1.18. The third-order valence-corrected chi connectivity index (χ3v) is 11.3. The molecule has 0 saturated carbocycles. The smallest absolute Gasteiger partial charge is 0.136 e. The summed E-state index contributed by atoms with van der Waals surface area (Å²) >= 11 is 0. The monoisotopic (exact) mass is 660 g/mol. The Morgan fingerprint density at radius 1 is 0.327 bits per heavy atom. The molecule has 1 aromatic heterocycles. The van der Waals surface area contributed by atoms with Gasteiger partial charge in [0.1, 0.15) is 11.2 Å². The lowest BCUT2D eigenvalue weighted by atomic mass is 9.66. The van der Waals surface area contributed by atoms with Crippen molar-refractivity contribution in [2.24, 2.45) is 0 Å². The van der Waals surface area contributed by atoms with Gasteiger partial charge >= 0.3 is 0 Å². The van der Waals surface area contributed by atoms with Crippen LogP contribution in [0.3, 0.4) is 0 Å². The number of fused-ring (bicyclic) bond motifs is 9. The highest BCUT2D eigenvalue weighted by Gasteiger charge is 2.47. The van der Waals surface area contributed by atoms with Crippen molar-refractivity contribution in [3.63, 3.8) is 0 Å². The van der Waals surface area contributed by atoms with Crippen LogP contribution >= 0.6 is 0 Å². The first-order valence-corrected chi connectivity index (χ1v) is 18.0. The van der Waals surface area contributed by atoms with Crippen LogP contribution < -0.4 is 0 Å². The van der Waals surface area contributed by atoms with Crippen LogP contribution in [0.1, 0.15) is 22.3 Å². The fourth-order valence-electron chi connectivity index (χ4n) is 8.95. The van der Waals surface area contributed by atoms with Crippen LogP contribution in [-0.2, 0) is 5.41 Å². The normalized spacial score (nSPS) is 13.2. The lowest BCUT2D eigenvalue weighted by Crippen LogP contribution is -2.28. The fourth-order valence-corrected chi connectivity index (χ4v) is 8.95. The highest BCUT2D eigenvalue weighted by atomic mass is 16.3. The average molecular weight is 661 g/mol. The van der Waals surface area contributed by atoms with Crippen molar-refractivity contribution in [2.75, 3.05) is 0 Å². The molecule has 0 amide bonds. The Hall–Kier alpha value is -6.70. The zero-order valence-electron chi connectivity index (χ0n) is 28.4. The van der Waals surface area contributed by atoms with Crippen molar-refractivity contribution in [1.29, 1.82) is 0 Å². The zero-order valence-corrected chi connectivity index (χ0v) is 28.4. The molecule has 242 valence electrons. The van der Waals surface area contributed by atoms with E-state index < -0.39 is 5.41 Å². The molecule has 52 heavy (non-hydrogen) atoms. The number of hydrogen-bond acceptors (Lipinski definition) is 1. The van der Waals surface area contributed by atoms with Gasteiger partial charge in [-0.1, -0.05) is 158 Å². The summed E-state index contributed by atoms with van der Waals surface area (Å²) in [4.78, 5) is 0. The van der Waals surface area contributed by atoms with Gasteiger partial charge in [-0.05, 0) is 114 Å². The second kappa shape index (κ2) is 11.2. The molecule has 1 aliphatic rings. The van der Waals surface area contributed by atoms with Gasteiger partial charge in [0.15, 0.2) is 0 Å². The molecule has 0 saturated heterocycles. The molecule has 1 nitrogen and oxygen atoms in total. The van der Waals surface area contributed by atoms with E-state index in [0.717, 1.165) is 27.5 Å². The van der Waals surface area contributed by atoms with Gasteiger partial charge in [0.25, 0.3) is 0 Å². The van der Waals surface area contributed by atoms with Crippen molar-refractivity contribution in [2.45, 2.75) is 5.41 Å². The molecular formula is C51H32O. The van der Waals surface area contributed by atoms with E-state index in [4.69, 9.17) is 4.42 Å². The van der Waals surface area contributed by atoms with Crippen molar-refractivity contribution < 1.29 is 4.42 Å². The van der Waals surface area contributed by atoms with Crippen molar-refractivity contribution in [3.8, 4) is 33.4 Å². The maximum Gasteiger partial charge on any atom is 0.136 e. The minimum absolute atomic E-state index is 0.527. The molecule has 11 rings (SSSR count). The first-order chi connectivity index (χ1) is 25.8. The third-order valence-electron chi connectivity index (χ3n) is 11.3. The highest BCUT2D eigenvalue weighted by molar-refractivity contribution is 6.11. The summed E-state index contributed by atoms with van der Waals surface area (Å²) in [5, 5.41) is 7.20. The van der Waals surface area contributed by atoms with Crippen LogP contribution in [0.25, 0.3) is 76.9 Å². The molecule has 0 aliphatic heterocycles. The molecular weight excluding hydrogens is 629 g/mol. The van der Waals surface area contributed by atoms with E-state index in [0.29, 0.717) is 0 Å². The molecule has 0 spiro atoms. The van der Waals surface area contributed by atoms with E-state index in [1.807, 2.05) is 0 Å². The molecule has 0 bridgehead atoms. The second-order valence-electron chi connectivity index (χ2n) is 14.0. The number of benzene rings is 9. The van der Waals surface area contributed by atoms with E-state index >= 15 is 0 Å². The molecule has 1 aliphatic carbocycles. The lowest BCUT2D eigenvalue weighted by Gasteiger charge is -2.35. The van der Waals surface area contributed by atoms with Gasteiger partial charge in [0, 0.05) is 10.8 Å². The number of hydrogen-bond donors (Lipinski definition) is 0. The Kier molecular flexibility index (Phi) is 6.23. The third kappa shape index (κ3) is 4.17. The molecule has 1 heterocycles. The van der Waals surface area contributed by atoms with Crippen LogP contribution in [-0.4, -0.2) is 0 Å². The first-order valence-electron chi connectivity index (χ1n) is 18.0. The van der Waals surface area contributed by atoms with Gasteiger partial charge in [0.2, 0.25) is 0 Å². The summed E-state index contributed by atoms with van der Waals surface area (Å²) < 4.78 is 6.52. The zero-order chi connectivity index (χ0) is 34.2. The molecule has 1 heteroatoms. The first kappa shape index (κ1) is 29.1. The van der Waals surface area contributed by atoms with Gasteiger partial charge in [-0.15, -0.1) is 0 Å². The minimum atomic E-state index is -0.527. The van der Waals surface area contributed by atoms with E-state index in [1.54, 1.807) is 0 Å². The average Bonchev–Trinajstić information content (AvgIpc) is 3.73. The van der Waals surface area contributed by atoms with Gasteiger partial charge in [-0.3, -0.25) is 0 Å². The molecule has 0 unspecified atom stereocenters. The molecule has 0 atom stereocenters. The fraction of sp³-hybridized carbons (Fsp3) is 0.0196. The van der Waals surface area contributed by atoms with Crippen LogP contribution in [0.2, 0.25) is 0 Å². The maximum absolute atomic E-state index is 6.52. The van der Waals surface area contributed by atoms with Gasteiger partial charge < -0.3 is 4.42 Å². The molecule has 9 aromatic carbocycles. The van der Waals surface area contributed by atoms with Crippen LogP contribution in [0, 0.1) is 0 Å². The molecule has 0 N–H and O–H groups in total. The van der Waals surface area contributed by atoms with Gasteiger partial charge in [-0.25, -0.2) is 0 Å². The standard InChI is InChI=1S/C51H32O/c1-4-12-33(13-5-1)38-23-25-42-44-27-22-34-20-21-37(39-24-26-43-46-29-35-14-10-11-15-36(35)31-49(46)52-48(43)32-39)28-45(34)50(44)51(47(42)30-38,40-16-6-2-7-17-40)41-18-8-3-9-19-41/h1-32H. The SMILES string of the molecule is c1ccc(-c2ccc3c(c2)C(c2ccccc2)(c2ccccc2)c2c-3ccc3ccc(-c4ccc5c(c4)oc4cc6ccccc6cc45)cc23)cc1. The van der Waals surface area contributed by atoms with Crippen LogP contribution in [0.4, 0.5) is 0 Å². The van der Waals surface area contributed by atoms with E-state index in [-0.39, 0.29) is 0 Å². The predicted molar refractivity (Wildman–Crippen MR) is 217 cm³/mol. The second-order valence-corrected chi connectivity index (χ2v) is 14.0. The minimum Gasteiger partial charge on any atom is -0.456 e. The Morgan fingerprint density at radius 3 is 1.63 bits per heavy atom. The Morgan fingerprint density at radius 2 is 0.885 bits per heavy atom. The summed E-state index contributed by atoms with van der Waals surface area (Å²) in [5.41, 5.74) is 13.8. The summed E-state index contributed by atoms with van der Waals surface area (Å²) in [5.74, 6) is 0. The summed E-state index contributed by atoms with van der Waals surface area (Å²) in [6.07, 6.45) is 0. The quantitative estimate of drug-likeness (QED) is 0.183. The number of rotatable bonds is 4. The van der Waals surface area contributed by atoms with Gasteiger partial charge in [-0.2, -0.15) is 0 Å². The molecule has 0 fully saturated rings. The van der Waals surface area contributed by atoms with E-state index in [9.17, 15) is 0 Å². The maximum atomic E-state index is 6.52. The van der Waals surface area contributed by atoms with Crippen molar-refractivity contribution in [1.82, 2.24) is 0 Å². The lowest BCUT2D eigenvalue weighted by molar-refractivity contribution is 0.669. The van der Waals surface area contributed by atoms with Crippen LogP contribution in [0.15, 0.2) is 199 Å². The highest BCUT2D eigenvalue weighted by Crippen LogP contribution is 2.59. The number of furan rings is 1. The van der Waals surface area contributed by atoms with E-state index in [2.05, 4.69) is 194 Å². The van der Waals surface area contributed by atoms with Crippen molar-refractivity contribution in [3.05, 3.63) is 216 Å². The predicted octanol–water partition coefficient (Wildman–Crippen LogP) is 13.6. The molecule has 10 aromatic rings. The Bertz CT molecular complexity index is 2950. The van der Waals surface area contributed by atoms with E-state index in [1.165, 1.54) is 71.6 Å². The Labute approximate surface area is 302 Å². The summed E-state index contributed by atoms with van der Waals surface area (Å²) in [7, 11) is 0. The summed E-state index contributed by atoms with van der Waals surface area (Å²) in [6, 6.07) is 71.2. The molecule has 0 radical (unpaired) electrons. The largest absolute Gasteiger partial charge is 0.456 e. The van der Waals surface area contributed by atoms with Crippen molar-refractivity contribution >= 4 is 43.5 Å².